The van der Waals surface area contributed by atoms with Gasteiger partial charge in [0.05, 0.1) is 5.02 Å². The van der Waals surface area contributed by atoms with Crippen molar-refractivity contribution in [3.63, 3.8) is 0 Å². The quantitative estimate of drug-likeness (QED) is 0.855. The molecule has 0 amide bonds. The van der Waals surface area contributed by atoms with Crippen LogP contribution in [-0.2, 0) is 10.0 Å². The van der Waals surface area contributed by atoms with Crippen LogP contribution in [0.15, 0.2) is 23.1 Å². The molecule has 0 atom stereocenters. The van der Waals surface area contributed by atoms with E-state index in [0.29, 0.717) is 18.7 Å². The number of nitrogens with two attached hydrogens (primary N) is 1. The fourth-order valence-corrected chi connectivity index (χ4v) is 4.86. The van der Waals surface area contributed by atoms with Gasteiger partial charge in [0, 0.05) is 18.7 Å². The molecule has 21 heavy (non-hydrogen) atoms. The molecule has 0 aliphatic carbocycles. The van der Waals surface area contributed by atoms with Crippen molar-refractivity contribution >= 4 is 38.8 Å². The molecule has 1 aliphatic rings. The summed E-state index contributed by atoms with van der Waals surface area (Å²) in [6.45, 7) is 5.14. The third-order valence-corrected chi connectivity index (χ3v) is 6.26. The van der Waals surface area contributed by atoms with E-state index in [2.05, 4.69) is 13.8 Å². The van der Waals surface area contributed by atoms with Gasteiger partial charge < -0.3 is 5.73 Å². The maximum absolute atomic E-state index is 12.8. The van der Waals surface area contributed by atoms with Gasteiger partial charge in [0.2, 0.25) is 10.0 Å². The molecule has 0 radical (unpaired) electrons. The molecule has 1 aliphatic heterocycles. The first kappa shape index (κ1) is 16.7. The van der Waals surface area contributed by atoms with E-state index < -0.39 is 10.0 Å². The molecule has 0 bridgehead atoms. The minimum atomic E-state index is -3.63. The summed E-state index contributed by atoms with van der Waals surface area (Å²) in [6.07, 6.45) is 1.86. The third kappa shape index (κ3) is 3.56. The smallest absolute Gasteiger partial charge is 0.244 e. The van der Waals surface area contributed by atoms with Gasteiger partial charge in [-0.15, -0.1) is 0 Å². The highest BCUT2D eigenvalue weighted by atomic mass is 35.5. The summed E-state index contributed by atoms with van der Waals surface area (Å²) < 4.78 is 27.2. The molecule has 0 saturated carbocycles. The molecule has 1 heterocycles. The van der Waals surface area contributed by atoms with Gasteiger partial charge >= 0.3 is 0 Å². The van der Waals surface area contributed by atoms with Gasteiger partial charge in [0.25, 0.3) is 0 Å². The molecule has 2 rings (SSSR count). The summed E-state index contributed by atoms with van der Waals surface area (Å²) in [5.41, 5.74) is 6.05. The van der Waals surface area contributed by atoms with Crippen LogP contribution >= 0.6 is 23.8 Å². The van der Waals surface area contributed by atoms with Crippen LogP contribution in [0, 0.1) is 5.41 Å². The zero-order valence-electron chi connectivity index (χ0n) is 12.1. The highest BCUT2D eigenvalue weighted by molar-refractivity contribution is 7.89. The fourth-order valence-electron chi connectivity index (χ4n) is 2.57. The Morgan fingerprint density at radius 2 is 2.10 bits per heavy atom. The standard InChI is InChI=1S/C14H19ClN2O2S2/c1-14(2)6-3-7-17(9-14)21(18,19)12-8-10(13(16)20)4-5-11(12)15/h4-5,8H,3,6-7,9H2,1-2H3,(H2,16,20). The Balaban J connectivity index is 2.44. The number of rotatable bonds is 3. The van der Waals surface area contributed by atoms with Gasteiger partial charge in [-0.05, 0) is 30.4 Å². The van der Waals surface area contributed by atoms with Crippen LogP contribution in [0.1, 0.15) is 32.3 Å². The molecule has 1 saturated heterocycles. The van der Waals surface area contributed by atoms with Crippen LogP contribution in [0.4, 0.5) is 0 Å². The number of piperidine rings is 1. The van der Waals surface area contributed by atoms with Crippen LogP contribution in [0.2, 0.25) is 5.02 Å². The van der Waals surface area contributed by atoms with E-state index in [1.807, 2.05) is 0 Å². The van der Waals surface area contributed by atoms with Crippen LogP contribution in [0.5, 0.6) is 0 Å². The number of nitrogens with zero attached hydrogens (tertiary/aromatic N) is 1. The molecule has 0 aromatic heterocycles. The Hall–Kier alpha value is -0.690. The number of thiocarbonyl (C=S) groups is 1. The van der Waals surface area contributed by atoms with Crippen LogP contribution in [0.3, 0.4) is 0 Å². The zero-order chi connectivity index (χ0) is 15.8. The van der Waals surface area contributed by atoms with Gasteiger partial charge in [-0.3, -0.25) is 0 Å². The minimum absolute atomic E-state index is 0.0292. The van der Waals surface area contributed by atoms with E-state index in [1.165, 1.54) is 16.4 Å². The molecule has 7 heteroatoms. The van der Waals surface area contributed by atoms with Crippen LogP contribution < -0.4 is 5.73 Å². The molecule has 0 spiro atoms. The number of hydrogen-bond acceptors (Lipinski definition) is 3. The molecule has 1 aromatic carbocycles. The van der Waals surface area contributed by atoms with Crippen molar-refractivity contribution in [2.75, 3.05) is 13.1 Å². The van der Waals surface area contributed by atoms with E-state index in [4.69, 9.17) is 29.6 Å². The van der Waals surface area contributed by atoms with E-state index in [9.17, 15) is 8.42 Å². The van der Waals surface area contributed by atoms with Crippen molar-refractivity contribution in [2.24, 2.45) is 11.1 Å². The van der Waals surface area contributed by atoms with Crippen LogP contribution in [0.25, 0.3) is 0 Å². The first-order valence-electron chi connectivity index (χ1n) is 6.73. The van der Waals surface area contributed by atoms with Crippen molar-refractivity contribution in [3.05, 3.63) is 28.8 Å². The molecular formula is C14H19ClN2O2S2. The fraction of sp³-hybridized carbons (Fsp3) is 0.500. The normalized spacial score (nSPS) is 19.4. The second-order valence-electron chi connectivity index (χ2n) is 6.12. The van der Waals surface area contributed by atoms with Crippen molar-refractivity contribution in [1.82, 2.24) is 4.31 Å². The second kappa shape index (κ2) is 5.83. The molecule has 0 unspecified atom stereocenters. The predicted molar refractivity (Wildman–Crippen MR) is 89.1 cm³/mol. The van der Waals surface area contributed by atoms with Crippen LogP contribution in [-0.4, -0.2) is 30.8 Å². The number of hydrogen-bond donors (Lipinski definition) is 1. The van der Waals surface area contributed by atoms with Crippen molar-refractivity contribution in [3.8, 4) is 0 Å². The van der Waals surface area contributed by atoms with Gasteiger partial charge in [-0.25, -0.2) is 8.42 Å². The van der Waals surface area contributed by atoms with E-state index in [0.717, 1.165) is 12.8 Å². The first-order chi connectivity index (χ1) is 9.63. The number of benzene rings is 1. The van der Waals surface area contributed by atoms with E-state index in [1.54, 1.807) is 6.07 Å². The average Bonchev–Trinajstić information content (AvgIpc) is 2.37. The van der Waals surface area contributed by atoms with Gasteiger partial charge in [-0.1, -0.05) is 43.7 Å². The SMILES string of the molecule is CC1(C)CCCN(S(=O)(=O)c2cc(C(N)=S)ccc2Cl)C1. The molecule has 116 valence electrons. The largest absolute Gasteiger partial charge is 0.389 e. The van der Waals surface area contributed by atoms with E-state index >= 15 is 0 Å². The summed E-state index contributed by atoms with van der Waals surface area (Å²) >= 11 is 11.0. The Morgan fingerprint density at radius 3 is 2.67 bits per heavy atom. The summed E-state index contributed by atoms with van der Waals surface area (Å²) in [6, 6.07) is 4.61. The van der Waals surface area contributed by atoms with Gasteiger partial charge in [-0.2, -0.15) is 4.31 Å². The average molecular weight is 347 g/mol. The first-order valence-corrected chi connectivity index (χ1v) is 8.96. The molecule has 1 fully saturated rings. The Kier molecular flexibility index (Phi) is 4.63. The van der Waals surface area contributed by atoms with Gasteiger partial charge in [0.1, 0.15) is 9.88 Å². The number of sulfonamides is 1. The molecular weight excluding hydrogens is 328 g/mol. The summed E-state index contributed by atoms with van der Waals surface area (Å²) in [7, 11) is -3.63. The topological polar surface area (TPSA) is 63.4 Å². The van der Waals surface area contributed by atoms with Gasteiger partial charge in [0.15, 0.2) is 0 Å². The minimum Gasteiger partial charge on any atom is -0.389 e. The highest BCUT2D eigenvalue weighted by Crippen LogP contribution is 2.33. The maximum atomic E-state index is 12.8. The Morgan fingerprint density at radius 1 is 1.43 bits per heavy atom. The van der Waals surface area contributed by atoms with Crippen molar-refractivity contribution in [1.29, 1.82) is 0 Å². The summed E-state index contributed by atoms with van der Waals surface area (Å²) in [5.74, 6) is 0. The third-order valence-electron chi connectivity index (χ3n) is 3.70. The lowest BCUT2D eigenvalue weighted by Crippen LogP contribution is -2.43. The monoisotopic (exact) mass is 346 g/mol. The Labute approximate surface area is 136 Å². The molecule has 2 N–H and O–H groups in total. The van der Waals surface area contributed by atoms with Crippen molar-refractivity contribution in [2.45, 2.75) is 31.6 Å². The molecule has 4 nitrogen and oxygen atoms in total. The second-order valence-corrected chi connectivity index (χ2v) is 8.87. The van der Waals surface area contributed by atoms with Crippen molar-refractivity contribution < 1.29 is 8.42 Å². The highest BCUT2D eigenvalue weighted by Gasteiger charge is 2.35. The number of halogens is 1. The zero-order valence-corrected chi connectivity index (χ0v) is 14.5. The van der Waals surface area contributed by atoms with E-state index in [-0.39, 0.29) is 20.3 Å². The Bertz CT molecular complexity index is 672. The summed E-state index contributed by atoms with van der Waals surface area (Å²) in [5, 5.41) is 0.193. The lowest BCUT2D eigenvalue weighted by atomic mass is 9.85. The maximum Gasteiger partial charge on any atom is 0.244 e. The summed E-state index contributed by atoms with van der Waals surface area (Å²) in [4.78, 5) is 0.231. The predicted octanol–water partition coefficient (Wildman–Crippen LogP) is 2.78. The lowest BCUT2D eigenvalue weighted by molar-refractivity contribution is 0.187. The lowest BCUT2D eigenvalue weighted by Gasteiger charge is -2.37. The molecule has 1 aromatic rings.